The molecule has 3 N–H and O–H groups in total. The summed E-state index contributed by atoms with van der Waals surface area (Å²) in [6.07, 6.45) is 0.910. The van der Waals surface area contributed by atoms with Crippen LogP contribution in [0.5, 0.6) is 5.75 Å². The fourth-order valence-corrected chi connectivity index (χ4v) is 2.94. The van der Waals surface area contributed by atoms with Crippen LogP contribution in [0.25, 0.3) is 0 Å². The number of rotatable bonds is 3. The van der Waals surface area contributed by atoms with Crippen LogP contribution >= 0.6 is 15.9 Å². The van der Waals surface area contributed by atoms with Crippen molar-refractivity contribution in [3.8, 4) is 5.75 Å². The lowest BCUT2D eigenvalue weighted by atomic mass is 10.1. The molecule has 0 atom stereocenters. The minimum absolute atomic E-state index is 0.123. The number of ether oxygens (including phenoxy) is 1. The second-order valence-corrected chi connectivity index (χ2v) is 5.87. The average molecular weight is 347 g/mol. The summed E-state index contributed by atoms with van der Waals surface area (Å²) in [5.74, 6) is 0.775. The van der Waals surface area contributed by atoms with E-state index in [1.807, 2.05) is 6.07 Å². The van der Waals surface area contributed by atoms with Crippen LogP contribution in [0.15, 0.2) is 40.9 Å². The Morgan fingerprint density at radius 1 is 1.29 bits per heavy atom. The van der Waals surface area contributed by atoms with Crippen molar-refractivity contribution >= 4 is 27.5 Å². The number of carbonyl (C=O) groups excluding carboxylic acids is 1. The molecule has 0 aromatic heterocycles. The van der Waals surface area contributed by atoms with Crippen LogP contribution in [0.3, 0.4) is 0 Å². The van der Waals surface area contributed by atoms with Gasteiger partial charge in [-0.2, -0.15) is 0 Å². The SMILES string of the molecule is Nc1ccc(C(=O)NCc2cc(Br)cc3c2OCC3)cc1. The molecule has 5 heteroatoms. The molecule has 1 heterocycles. The second kappa shape index (κ2) is 5.77. The average Bonchev–Trinajstić information content (AvgIpc) is 2.93. The van der Waals surface area contributed by atoms with Gasteiger partial charge in [0.2, 0.25) is 0 Å². The largest absolute Gasteiger partial charge is 0.493 e. The fraction of sp³-hybridized carbons (Fsp3) is 0.188. The Morgan fingerprint density at radius 3 is 2.81 bits per heavy atom. The maximum absolute atomic E-state index is 12.1. The molecule has 4 nitrogen and oxygen atoms in total. The molecule has 1 amide bonds. The standard InChI is InChI=1S/C16H15BrN2O2/c17-13-7-11-5-6-21-15(11)12(8-13)9-19-16(20)10-1-3-14(18)4-2-10/h1-4,7-8H,5-6,9,18H2,(H,19,20). The zero-order valence-electron chi connectivity index (χ0n) is 11.4. The summed E-state index contributed by atoms with van der Waals surface area (Å²) in [7, 11) is 0. The number of amides is 1. The van der Waals surface area contributed by atoms with Crippen LogP contribution in [0.2, 0.25) is 0 Å². The summed E-state index contributed by atoms with van der Waals surface area (Å²) >= 11 is 3.49. The topological polar surface area (TPSA) is 64.4 Å². The van der Waals surface area contributed by atoms with E-state index in [1.165, 1.54) is 5.56 Å². The zero-order chi connectivity index (χ0) is 14.8. The Balaban J connectivity index is 1.73. The van der Waals surface area contributed by atoms with Gasteiger partial charge >= 0.3 is 0 Å². The van der Waals surface area contributed by atoms with Crippen LogP contribution < -0.4 is 15.8 Å². The Hall–Kier alpha value is -2.01. The molecule has 3 rings (SSSR count). The quantitative estimate of drug-likeness (QED) is 0.840. The van der Waals surface area contributed by atoms with Crippen LogP contribution in [-0.4, -0.2) is 12.5 Å². The molecule has 21 heavy (non-hydrogen) atoms. The maximum Gasteiger partial charge on any atom is 0.251 e. The lowest BCUT2D eigenvalue weighted by Crippen LogP contribution is -2.23. The van der Waals surface area contributed by atoms with Crippen molar-refractivity contribution < 1.29 is 9.53 Å². The number of nitrogens with one attached hydrogen (secondary N) is 1. The number of benzene rings is 2. The first-order valence-corrected chi connectivity index (χ1v) is 7.50. The van der Waals surface area contributed by atoms with Gasteiger partial charge in [-0.3, -0.25) is 4.79 Å². The van der Waals surface area contributed by atoms with Crippen molar-refractivity contribution in [3.63, 3.8) is 0 Å². The van der Waals surface area contributed by atoms with E-state index in [2.05, 4.69) is 27.3 Å². The molecule has 1 aliphatic rings. The summed E-state index contributed by atoms with van der Waals surface area (Å²) in [5.41, 5.74) is 9.02. The molecule has 0 unspecified atom stereocenters. The van der Waals surface area contributed by atoms with Gasteiger partial charge in [0.15, 0.2) is 0 Å². The minimum atomic E-state index is -0.123. The van der Waals surface area contributed by atoms with Gasteiger partial charge in [-0.15, -0.1) is 0 Å². The number of nitrogens with two attached hydrogens (primary N) is 1. The van der Waals surface area contributed by atoms with Gasteiger partial charge in [0.05, 0.1) is 6.61 Å². The molecule has 2 aromatic carbocycles. The van der Waals surface area contributed by atoms with Gasteiger partial charge in [-0.1, -0.05) is 15.9 Å². The number of anilines is 1. The van der Waals surface area contributed by atoms with E-state index in [4.69, 9.17) is 10.5 Å². The highest BCUT2D eigenvalue weighted by Gasteiger charge is 2.18. The molecule has 0 bridgehead atoms. The van der Waals surface area contributed by atoms with Crippen molar-refractivity contribution in [1.29, 1.82) is 0 Å². The number of nitrogen functional groups attached to an aromatic ring is 1. The minimum Gasteiger partial charge on any atom is -0.493 e. The van der Waals surface area contributed by atoms with E-state index >= 15 is 0 Å². The van der Waals surface area contributed by atoms with E-state index in [0.717, 1.165) is 22.2 Å². The molecule has 0 fully saturated rings. The van der Waals surface area contributed by atoms with Crippen molar-refractivity contribution in [3.05, 3.63) is 57.6 Å². The van der Waals surface area contributed by atoms with Gasteiger partial charge in [0.25, 0.3) is 5.91 Å². The molecule has 0 spiro atoms. The lowest BCUT2D eigenvalue weighted by molar-refractivity contribution is 0.0950. The number of hydrogen-bond acceptors (Lipinski definition) is 3. The van der Waals surface area contributed by atoms with Gasteiger partial charge in [-0.25, -0.2) is 0 Å². The Kier molecular flexibility index (Phi) is 3.84. The predicted octanol–water partition coefficient (Wildman–Crippen LogP) is 2.90. The van der Waals surface area contributed by atoms with E-state index in [9.17, 15) is 4.79 Å². The number of fused-ring (bicyclic) bond motifs is 1. The van der Waals surface area contributed by atoms with Crippen molar-refractivity contribution in [2.24, 2.45) is 0 Å². The Labute approximate surface area is 131 Å². The third kappa shape index (κ3) is 3.03. The first kappa shape index (κ1) is 13.9. The van der Waals surface area contributed by atoms with Gasteiger partial charge in [0, 0.05) is 34.3 Å². The monoisotopic (exact) mass is 346 g/mol. The lowest BCUT2D eigenvalue weighted by Gasteiger charge is -2.10. The smallest absolute Gasteiger partial charge is 0.251 e. The maximum atomic E-state index is 12.1. The molecule has 0 saturated heterocycles. The molecular formula is C16H15BrN2O2. The van der Waals surface area contributed by atoms with Crippen LogP contribution in [-0.2, 0) is 13.0 Å². The van der Waals surface area contributed by atoms with Crippen molar-refractivity contribution in [1.82, 2.24) is 5.32 Å². The molecule has 0 aliphatic carbocycles. The molecule has 108 valence electrons. The summed E-state index contributed by atoms with van der Waals surface area (Å²) in [4.78, 5) is 12.1. The van der Waals surface area contributed by atoms with E-state index in [1.54, 1.807) is 24.3 Å². The number of halogens is 1. The van der Waals surface area contributed by atoms with E-state index in [0.29, 0.717) is 24.4 Å². The molecule has 1 aliphatic heterocycles. The third-order valence-electron chi connectivity index (χ3n) is 3.44. The Bertz CT molecular complexity index is 683. The molecule has 0 radical (unpaired) electrons. The van der Waals surface area contributed by atoms with Crippen LogP contribution in [0.4, 0.5) is 5.69 Å². The highest BCUT2D eigenvalue weighted by Crippen LogP contribution is 2.32. The summed E-state index contributed by atoms with van der Waals surface area (Å²) < 4.78 is 6.65. The first-order valence-electron chi connectivity index (χ1n) is 6.71. The molecular weight excluding hydrogens is 332 g/mol. The number of hydrogen-bond donors (Lipinski definition) is 2. The van der Waals surface area contributed by atoms with Gasteiger partial charge in [-0.05, 0) is 42.0 Å². The summed E-state index contributed by atoms with van der Waals surface area (Å²) in [6, 6.07) is 10.9. The molecule has 0 saturated carbocycles. The van der Waals surface area contributed by atoms with Gasteiger partial charge in [0.1, 0.15) is 5.75 Å². The van der Waals surface area contributed by atoms with Crippen molar-refractivity contribution in [2.75, 3.05) is 12.3 Å². The highest BCUT2D eigenvalue weighted by molar-refractivity contribution is 9.10. The second-order valence-electron chi connectivity index (χ2n) is 4.96. The highest BCUT2D eigenvalue weighted by atomic mass is 79.9. The normalized spacial score (nSPS) is 12.6. The van der Waals surface area contributed by atoms with Crippen LogP contribution in [0.1, 0.15) is 21.5 Å². The predicted molar refractivity (Wildman–Crippen MR) is 85.4 cm³/mol. The van der Waals surface area contributed by atoms with E-state index in [-0.39, 0.29) is 5.91 Å². The van der Waals surface area contributed by atoms with Crippen LogP contribution in [0, 0.1) is 0 Å². The Morgan fingerprint density at radius 2 is 2.05 bits per heavy atom. The first-order chi connectivity index (χ1) is 10.1. The summed E-state index contributed by atoms with van der Waals surface area (Å²) in [5, 5.41) is 2.91. The molecule has 2 aromatic rings. The summed E-state index contributed by atoms with van der Waals surface area (Å²) in [6.45, 7) is 1.13. The number of carbonyl (C=O) groups is 1. The van der Waals surface area contributed by atoms with E-state index < -0.39 is 0 Å². The van der Waals surface area contributed by atoms with Gasteiger partial charge < -0.3 is 15.8 Å². The fourth-order valence-electron chi connectivity index (χ4n) is 2.39. The van der Waals surface area contributed by atoms with Crippen molar-refractivity contribution in [2.45, 2.75) is 13.0 Å². The zero-order valence-corrected chi connectivity index (χ0v) is 12.9. The third-order valence-corrected chi connectivity index (χ3v) is 3.90.